The van der Waals surface area contributed by atoms with Gasteiger partial charge in [0.15, 0.2) is 0 Å². The first-order valence-electron chi connectivity index (χ1n) is 9.43. The molecule has 6 heteroatoms. The van der Waals surface area contributed by atoms with Crippen LogP contribution >= 0.6 is 0 Å². The summed E-state index contributed by atoms with van der Waals surface area (Å²) in [6, 6.07) is 10.0. The summed E-state index contributed by atoms with van der Waals surface area (Å²) in [6.07, 6.45) is 0.420. The van der Waals surface area contributed by atoms with Crippen molar-refractivity contribution in [2.75, 3.05) is 32.8 Å². The fourth-order valence-electron chi connectivity index (χ4n) is 3.43. The zero-order chi connectivity index (χ0) is 19.2. The Balaban J connectivity index is 1.88. The first-order chi connectivity index (χ1) is 12.4. The van der Waals surface area contributed by atoms with Gasteiger partial charge in [0.2, 0.25) is 5.91 Å². The molecule has 1 heterocycles. The number of β-amino-alcohol motifs (C(OH)–C–C–N with tert-alkyl or cyclic N) is 1. The highest BCUT2D eigenvalue weighted by Gasteiger charge is 2.43. The van der Waals surface area contributed by atoms with E-state index in [-0.39, 0.29) is 25.1 Å². The molecule has 1 aromatic rings. The number of likely N-dealkylation sites (tertiary alicyclic amines) is 1. The van der Waals surface area contributed by atoms with Crippen molar-refractivity contribution in [3.8, 4) is 0 Å². The molecule has 2 rings (SSSR count). The molecule has 1 aromatic carbocycles. The first-order valence-corrected chi connectivity index (χ1v) is 9.43. The van der Waals surface area contributed by atoms with Gasteiger partial charge in [-0.2, -0.15) is 0 Å². The summed E-state index contributed by atoms with van der Waals surface area (Å²) < 4.78 is 0. The molecule has 0 aromatic heterocycles. The van der Waals surface area contributed by atoms with Crippen LogP contribution in [0.4, 0.5) is 0 Å². The first kappa shape index (κ1) is 20.8. The lowest BCUT2D eigenvalue weighted by Crippen LogP contribution is -2.62. The lowest BCUT2D eigenvalue weighted by Gasteiger charge is -2.45. The van der Waals surface area contributed by atoms with Crippen LogP contribution in [-0.4, -0.2) is 81.6 Å². The van der Waals surface area contributed by atoms with Gasteiger partial charge in [0.1, 0.15) is 11.7 Å². The topological polar surface area (TPSA) is 84.2 Å². The molecule has 0 spiro atoms. The Morgan fingerprint density at radius 1 is 1.35 bits per heavy atom. The highest BCUT2D eigenvalue weighted by atomic mass is 16.3. The summed E-state index contributed by atoms with van der Waals surface area (Å²) in [5, 5.41) is 30.6. The Bertz CT molecular complexity index is 566. The fraction of sp³-hybridized carbons (Fsp3) is 0.650. The third-order valence-electron chi connectivity index (χ3n) is 5.25. The zero-order valence-corrected chi connectivity index (χ0v) is 15.8. The summed E-state index contributed by atoms with van der Waals surface area (Å²) in [6.45, 7) is 5.32. The number of hydrogen-bond acceptors (Lipinski definition) is 5. The van der Waals surface area contributed by atoms with E-state index < -0.39 is 11.7 Å². The van der Waals surface area contributed by atoms with Crippen molar-refractivity contribution in [1.29, 1.82) is 0 Å². The molecule has 2 atom stereocenters. The molecule has 0 aliphatic carbocycles. The van der Waals surface area contributed by atoms with E-state index in [2.05, 4.69) is 0 Å². The predicted octanol–water partition coefficient (Wildman–Crippen LogP) is 0.646. The average Bonchev–Trinajstić information content (AvgIpc) is 2.62. The van der Waals surface area contributed by atoms with Crippen LogP contribution < -0.4 is 0 Å². The Morgan fingerprint density at radius 3 is 2.62 bits per heavy atom. The number of hydrogen-bond donors (Lipinski definition) is 3. The van der Waals surface area contributed by atoms with Crippen LogP contribution in [0.15, 0.2) is 30.3 Å². The molecular weight excluding hydrogens is 332 g/mol. The zero-order valence-electron chi connectivity index (χ0n) is 15.8. The molecule has 0 saturated carbocycles. The Kier molecular flexibility index (Phi) is 7.58. The highest BCUT2D eigenvalue weighted by molar-refractivity contribution is 5.76. The van der Waals surface area contributed by atoms with Gasteiger partial charge in [-0.15, -0.1) is 0 Å². The monoisotopic (exact) mass is 364 g/mol. The van der Waals surface area contributed by atoms with Gasteiger partial charge in [0.25, 0.3) is 0 Å². The van der Waals surface area contributed by atoms with Gasteiger partial charge in [0.05, 0.1) is 6.61 Å². The molecule has 1 saturated heterocycles. The molecule has 0 bridgehead atoms. The highest BCUT2D eigenvalue weighted by Crippen LogP contribution is 2.25. The lowest BCUT2D eigenvalue weighted by molar-refractivity contribution is -0.154. The number of nitrogens with zero attached hydrogens (tertiary/aromatic N) is 2. The quantitative estimate of drug-likeness (QED) is 0.631. The molecule has 6 nitrogen and oxygen atoms in total. The van der Waals surface area contributed by atoms with Crippen LogP contribution in [0, 0.1) is 0 Å². The Labute approximate surface area is 156 Å². The minimum atomic E-state index is -1.25. The number of aliphatic hydroxyl groups is 3. The minimum Gasteiger partial charge on any atom is -0.395 e. The van der Waals surface area contributed by atoms with Crippen molar-refractivity contribution in [3.05, 3.63) is 35.9 Å². The summed E-state index contributed by atoms with van der Waals surface area (Å²) in [7, 11) is 0. The maximum Gasteiger partial charge on any atom is 0.222 e. The maximum absolute atomic E-state index is 12.5. The predicted molar refractivity (Wildman–Crippen MR) is 101 cm³/mol. The molecule has 26 heavy (non-hydrogen) atoms. The normalized spacial score (nSPS) is 23.7. The molecule has 1 amide bonds. The molecule has 0 radical (unpaired) electrons. The van der Waals surface area contributed by atoms with E-state index in [0.29, 0.717) is 38.9 Å². The Morgan fingerprint density at radius 2 is 2.04 bits per heavy atom. The van der Waals surface area contributed by atoms with Crippen molar-refractivity contribution in [1.82, 2.24) is 9.80 Å². The molecule has 3 N–H and O–H groups in total. The Hall–Kier alpha value is -1.47. The summed E-state index contributed by atoms with van der Waals surface area (Å²) in [5.74, 6) is 0.00558. The van der Waals surface area contributed by atoms with Crippen LogP contribution in [-0.2, 0) is 11.2 Å². The van der Waals surface area contributed by atoms with Gasteiger partial charge < -0.3 is 20.2 Å². The lowest BCUT2D eigenvalue weighted by atomic mass is 9.87. The molecule has 1 fully saturated rings. The van der Waals surface area contributed by atoms with Crippen molar-refractivity contribution >= 4 is 5.91 Å². The van der Waals surface area contributed by atoms with Crippen molar-refractivity contribution < 1.29 is 20.1 Å². The number of piperidine rings is 1. The van der Waals surface area contributed by atoms with Crippen molar-refractivity contribution in [2.45, 2.75) is 50.9 Å². The van der Waals surface area contributed by atoms with Gasteiger partial charge in [-0.05, 0) is 32.3 Å². The van der Waals surface area contributed by atoms with E-state index in [4.69, 9.17) is 0 Å². The van der Waals surface area contributed by atoms with Gasteiger partial charge in [-0.1, -0.05) is 30.3 Å². The molecule has 0 unspecified atom stereocenters. The van der Waals surface area contributed by atoms with Gasteiger partial charge in [0, 0.05) is 38.6 Å². The SMILES string of the molecule is CC(C)N(CCO)C[C@@]1(O)CCN(C(=O)CCc2ccccc2)C[C@@H]1O. The maximum atomic E-state index is 12.5. The second kappa shape index (κ2) is 9.46. The third kappa shape index (κ3) is 5.51. The van der Waals surface area contributed by atoms with Gasteiger partial charge in [-0.25, -0.2) is 0 Å². The smallest absolute Gasteiger partial charge is 0.222 e. The second-order valence-electron chi connectivity index (χ2n) is 7.48. The van der Waals surface area contributed by atoms with Gasteiger partial charge in [-0.3, -0.25) is 9.69 Å². The number of aryl methyl sites for hydroxylation is 1. The van der Waals surface area contributed by atoms with Crippen LogP contribution in [0.1, 0.15) is 32.3 Å². The minimum absolute atomic E-state index is 0.00558. The number of amides is 1. The number of carbonyl (C=O) groups excluding carboxylic acids is 1. The second-order valence-corrected chi connectivity index (χ2v) is 7.48. The third-order valence-corrected chi connectivity index (χ3v) is 5.25. The van der Waals surface area contributed by atoms with E-state index in [0.717, 1.165) is 5.56 Å². The summed E-state index contributed by atoms with van der Waals surface area (Å²) >= 11 is 0. The molecular formula is C20H32N2O4. The fourth-order valence-corrected chi connectivity index (χ4v) is 3.43. The average molecular weight is 364 g/mol. The van der Waals surface area contributed by atoms with E-state index in [1.165, 1.54) is 0 Å². The van der Waals surface area contributed by atoms with Crippen LogP contribution in [0.3, 0.4) is 0 Å². The summed E-state index contributed by atoms with van der Waals surface area (Å²) in [4.78, 5) is 16.1. The van der Waals surface area contributed by atoms with E-state index >= 15 is 0 Å². The largest absolute Gasteiger partial charge is 0.395 e. The van der Waals surface area contributed by atoms with Crippen LogP contribution in [0.5, 0.6) is 0 Å². The van der Waals surface area contributed by atoms with Gasteiger partial charge >= 0.3 is 0 Å². The number of benzene rings is 1. The van der Waals surface area contributed by atoms with E-state index in [1.807, 2.05) is 49.1 Å². The van der Waals surface area contributed by atoms with E-state index in [9.17, 15) is 20.1 Å². The molecule has 1 aliphatic heterocycles. The number of carbonyl (C=O) groups is 1. The molecule has 146 valence electrons. The van der Waals surface area contributed by atoms with Crippen LogP contribution in [0.25, 0.3) is 0 Å². The van der Waals surface area contributed by atoms with Crippen molar-refractivity contribution in [2.24, 2.45) is 0 Å². The van der Waals surface area contributed by atoms with E-state index in [1.54, 1.807) is 4.90 Å². The standard InChI is InChI=1S/C20H32N2O4/c1-16(2)22(12-13-23)15-20(26)10-11-21(14-18(20)24)19(25)9-8-17-6-4-3-5-7-17/h3-7,16,18,23-24,26H,8-15H2,1-2H3/t18-,20-/m0/s1. The number of rotatable bonds is 8. The summed E-state index contributed by atoms with van der Waals surface area (Å²) in [5.41, 5.74) is -0.137. The number of aliphatic hydroxyl groups excluding tert-OH is 2. The molecule has 1 aliphatic rings. The van der Waals surface area contributed by atoms with Crippen molar-refractivity contribution in [3.63, 3.8) is 0 Å². The van der Waals surface area contributed by atoms with Crippen LogP contribution in [0.2, 0.25) is 0 Å².